The molecule has 10 heteroatoms. The van der Waals surface area contributed by atoms with Crippen LogP contribution in [0, 0.1) is 23.0 Å². The Morgan fingerprint density at radius 1 is 1.12 bits per heavy atom. The van der Waals surface area contributed by atoms with Crippen LogP contribution in [0.4, 0.5) is 14.5 Å². The molecule has 2 heterocycles. The second-order valence-electron chi connectivity index (χ2n) is 11.6. The average molecular weight is 571 g/mol. The zero-order valence-electron chi connectivity index (χ0n) is 22.5. The first-order valence-corrected chi connectivity index (χ1v) is 14.6. The Hall–Kier alpha value is -3.20. The second-order valence-corrected chi connectivity index (χ2v) is 12.0. The van der Waals surface area contributed by atoms with E-state index in [1.54, 1.807) is 4.57 Å². The standard InChI is InChI=1S/C30H33ClF2N4O3/c1-18(19-7-3-2-4-8-19)40-25-16-24(37-29(39)36-14-6-11-30(12-13-30)17-26(36)35-37)23(33)15-20(25)28(38)34-27-21(31)9-5-10-22(27)32/h5,9-10,15-16,18-19H,2-4,6-8,11-14,17H2,1H3,(H,34,38)/t18-/m0/s1. The summed E-state index contributed by atoms with van der Waals surface area (Å²) in [5.74, 6) is -1.25. The number of carbonyl (C=O) groups excluding carboxylic acids is 1. The third-order valence-electron chi connectivity index (χ3n) is 8.87. The summed E-state index contributed by atoms with van der Waals surface area (Å²) >= 11 is 6.12. The molecule has 1 spiro atoms. The van der Waals surface area contributed by atoms with Crippen LogP contribution in [0.15, 0.2) is 35.1 Å². The second kappa shape index (κ2) is 10.7. The predicted octanol–water partition coefficient (Wildman–Crippen LogP) is 6.68. The summed E-state index contributed by atoms with van der Waals surface area (Å²) in [5, 5.41) is 7.04. The highest BCUT2D eigenvalue weighted by molar-refractivity contribution is 6.34. The van der Waals surface area contributed by atoms with Crippen LogP contribution in [-0.2, 0) is 13.0 Å². The van der Waals surface area contributed by atoms with E-state index in [-0.39, 0.29) is 45.1 Å². The van der Waals surface area contributed by atoms with Crippen molar-refractivity contribution in [3.8, 4) is 11.4 Å². The van der Waals surface area contributed by atoms with Crippen molar-refractivity contribution in [2.45, 2.75) is 83.8 Å². The summed E-state index contributed by atoms with van der Waals surface area (Å²) in [6, 6.07) is 6.45. The van der Waals surface area contributed by atoms with Gasteiger partial charge >= 0.3 is 5.69 Å². The molecular weight excluding hydrogens is 538 g/mol. The summed E-state index contributed by atoms with van der Waals surface area (Å²) < 4.78 is 39.2. The minimum atomic E-state index is -0.807. The SMILES string of the molecule is C[C@H](Oc1cc(-n2nc3n(c2=O)CCCC2(CC2)C3)c(F)cc1C(=O)Nc1c(F)cccc1Cl)C1CCCCC1. The molecule has 2 aromatic carbocycles. The van der Waals surface area contributed by atoms with Crippen LogP contribution in [0.25, 0.3) is 5.69 Å². The van der Waals surface area contributed by atoms with E-state index in [9.17, 15) is 14.0 Å². The number of halogens is 3. The molecule has 2 fully saturated rings. The fraction of sp³-hybridized carbons (Fsp3) is 0.500. The largest absolute Gasteiger partial charge is 0.490 e. The van der Waals surface area contributed by atoms with Gasteiger partial charge in [0.15, 0.2) is 0 Å². The van der Waals surface area contributed by atoms with Gasteiger partial charge in [-0.2, -0.15) is 4.68 Å². The maximum atomic E-state index is 15.7. The van der Waals surface area contributed by atoms with E-state index in [4.69, 9.17) is 16.3 Å². The van der Waals surface area contributed by atoms with E-state index in [0.29, 0.717) is 18.8 Å². The smallest absolute Gasteiger partial charge is 0.350 e. The average Bonchev–Trinajstić information content (AvgIpc) is 3.68. The number of rotatable bonds is 6. The van der Waals surface area contributed by atoms with E-state index >= 15 is 4.39 Å². The van der Waals surface area contributed by atoms with E-state index in [1.807, 2.05) is 6.92 Å². The van der Waals surface area contributed by atoms with Gasteiger partial charge in [-0.05, 0) is 75.0 Å². The van der Waals surface area contributed by atoms with Crippen molar-refractivity contribution in [1.29, 1.82) is 0 Å². The Bertz CT molecular complexity index is 1490. The van der Waals surface area contributed by atoms with Crippen LogP contribution in [0.3, 0.4) is 0 Å². The highest BCUT2D eigenvalue weighted by atomic mass is 35.5. The highest BCUT2D eigenvalue weighted by Crippen LogP contribution is 2.52. The minimum Gasteiger partial charge on any atom is -0.490 e. The van der Waals surface area contributed by atoms with Crippen LogP contribution in [-0.4, -0.2) is 26.4 Å². The molecule has 1 aliphatic heterocycles. The van der Waals surface area contributed by atoms with Crippen LogP contribution in [0.5, 0.6) is 5.75 Å². The normalized spacial score (nSPS) is 19.1. The lowest BCUT2D eigenvalue weighted by Crippen LogP contribution is -2.28. The van der Waals surface area contributed by atoms with Crippen molar-refractivity contribution in [1.82, 2.24) is 14.3 Å². The van der Waals surface area contributed by atoms with Crippen LogP contribution in [0.1, 0.15) is 80.9 Å². The van der Waals surface area contributed by atoms with Gasteiger partial charge in [-0.25, -0.2) is 13.6 Å². The Balaban J connectivity index is 1.39. The van der Waals surface area contributed by atoms with Crippen molar-refractivity contribution in [3.05, 3.63) is 68.9 Å². The molecule has 0 radical (unpaired) electrons. The lowest BCUT2D eigenvalue weighted by molar-refractivity contribution is 0.0996. The number of aromatic nitrogens is 3. The van der Waals surface area contributed by atoms with Crippen LogP contribution < -0.4 is 15.7 Å². The Labute approximate surface area is 236 Å². The summed E-state index contributed by atoms with van der Waals surface area (Å²) in [7, 11) is 0. The number of ether oxygens (including phenoxy) is 1. The summed E-state index contributed by atoms with van der Waals surface area (Å²) in [6.07, 6.45) is 10.00. The first-order chi connectivity index (χ1) is 19.2. The number of benzene rings is 2. The third-order valence-corrected chi connectivity index (χ3v) is 9.18. The zero-order valence-corrected chi connectivity index (χ0v) is 23.3. The van der Waals surface area contributed by atoms with Gasteiger partial charge in [-0.1, -0.05) is 36.9 Å². The number of fused-ring (bicyclic) bond motifs is 1. The van der Waals surface area contributed by atoms with Crippen molar-refractivity contribution >= 4 is 23.2 Å². The Kier molecular flexibility index (Phi) is 7.19. The van der Waals surface area contributed by atoms with Gasteiger partial charge in [0.2, 0.25) is 0 Å². The van der Waals surface area contributed by atoms with Crippen molar-refractivity contribution in [2.24, 2.45) is 11.3 Å². The lowest BCUT2D eigenvalue weighted by Gasteiger charge is -2.29. The number of anilines is 1. The number of carbonyl (C=O) groups is 1. The van der Waals surface area contributed by atoms with Gasteiger partial charge in [-0.3, -0.25) is 9.36 Å². The molecule has 7 nitrogen and oxygen atoms in total. The topological polar surface area (TPSA) is 78.2 Å². The molecule has 212 valence electrons. The number of nitrogens with zero attached hydrogens (tertiary/aromatic N) is 3. The van der Waals surface area contributed by atoms with Gasteiger partial charge in [-0.15, -0.1) is 5.10 Å². The summed E-state index contributed by atoms with van der Waals surface area (Å²) in [4.78, 5) is 26.8. The molecule has 3 aromatic rings. The number of hydrogen-bond donors (Lipinski definition) is 1. The van der Waals surface area contributed by atoms with Gasteiger partial charge in [0.1, 0.15) is 28.9 Å². The van der Waals surface area contributed by atoms with Crippen LogP contribution in [0.2, 0.25) is 5.02 Å². The number of para-hydroxylation sites is 1. The highest BCUT2D eigenvalue weighted by Gasteiger charge is 2.44. The van der Waals surface area contributed by atoms with Crippen molar-refractivity contribution < 1.29 is 18.3 Å². The molecule has 40 heavy (non-hydrogen) atoms. The number of nitrogens with one attached hydrogen (secondary N) is 1. The molecule has 6 rings (SSSR count). The monoisotopic (exact) mass is 570 g/mol. The first-order valence-electron chi connectivity index (χ1n) is 14.2. The summed E-state index contributed by atoms with van der Waals surface area (Å²) in [6.45, 7) is 2.48. The number of amides is 1. The predicted molar refractivity (Wildman–Crippen MR) is 148 cm³/mol. The molecule has 1 aromatic heterocycles. The third kappa shape index (κ3) is 5.16. The minimum absolute atomic E-state index is 0.0166. The van der Waals surface area contributed by atoms with Gasteiger partial charge in [0.25, 0.3) is 5.91 Å². The first kappa shape index (κ1) is 27.0. The molecular formula is C30H33ClF2N4O3. The summed E-state index contributed by atoms with van der Waals surface area (Å²) in [5.41, 5.74) is -0.598. The quantitative estimate of drug-likeness (QED) is 0.358. The fourth-order valence-corrected chi connectivity index (χ4v) is 6.48. The molecule has 1 amide bonds. The van der Waals surface area contributed by atoms with E-state index in [0.717, 1.165) is 62.1 Å². The van der Waals surface area contributed by atoms with E-state index in [1.165, 1.54) is 30.7 Å². The molecule has 0 bridgehead atoms. The molecule has 0 unspecified atom stereocenters. The zero-order chi connectivity index (χ0) is 28.0. The lowest BCUT2D eigenvalue weighted by atomic mass is 9.86. The molecule has 1 atom stereocenters. The molecule has 2 saturated carbocycles. The fourth-order valence-electron chi connectivity index (χ4n) is 6.27. The maximum Gasteiger partial charge on any atom is 0.350 e. The van der Waals surface area contributed by atoms with Gasteiger partial charge in [0, 0.05) is 19.0 Å². The van der Waals surface area contributed by atoms with Crippen LogP contribution >= 0.6 is 11.6 Å². The van der Waals surface area contributed by atoms with Gasteiger partial charge in [0.05, 0.1) is 22.4 Å². The van der Waals surface area contributed by atoms with Gasteiger partial charge < -0.3 is 10.1 Å². The van der Waals surface area contributed by atoms with Crippen molar-refractivity contribution in [3.63, 3.8) is 0 Å². The van der Waals surface area contributed by atoms with Crippen molar-refractivity contribution in [2.75, 3.05) is 5.32 Å². The van der Waals surface area contributed by atoms with E-state index < -0.39 is 23.2 Å². The van der Waals surface area contributed by atoms with E-state index in [2.05, 4.69) is 10.4 Å². The molecule has 2 aliphatic carbocycles. The Morgan fingerprint density at radius 3 is 2.62 bits per heavy atom. The molecule has 0 saturated heterocycles. The maximum absolute atomic E-state index is 15.7. The molecule has 1 N–H and O–H groups in total. The number of hydrogen-bond acceptors (Lipinski definition) is 4. The molecule has 3 aliphatic rings. The Morgan fingerprint density at radius 2 is 1.90 bits per heavy atom.